The highest BCUT2D eigenvalue weighted by Crippen LogP contribution is 2.34. The SMILES string of the molecule is COCCn1ncc(Cl)c1C(=O)C1(O)CCCC1. The van der Waals surface area contributed by atoms with Crippen LogP contribution in [0.1, 0.15) is 36.2 Å². The Bertz CT molecular complexity index is 439. The van der Waals surface area contributed by atoms with Crippen LogP contribution < -0.4 is 0 Å². The lowest BCUT2D eigenvalue weighted by atomic mass is 9.94. The van der Waals surface area contributed by atoms with Crippen molar-refractivity contribution in [2.75, 3.05) is 13.7 Å². The Morgan fingerprint density at radius 3 is 2.89 bits per heavy atom. The van der Waals surface area contributed by atoms with E-state index in [-0.39, 0.29) is 16.5 Å². The third kappa shape index (κ3) is 2.43. The molecule has 0 spiro atoms. The molecule has 1 fully saturated rings. The zero-order chi connectivity index (χ0) is 13.2. The maximum Gasteiger partial charge on any atom is 0.213 e. The zero-order valence-corrected chi connectivity index (χ0v) is 11.1. The average molecular weight is 273 g/mol. The van der Waals surface area contributed by atoms with Crippen LogP contribution in [-0.4, -0.2) is 40.0 Å². The zero-order valence-electron chi connectivity index (χ0n) is 10.4. The lowest BCUT2D eigenvalue weighted by Crippen LogP contribution is -2.37. The molecule has 1 heterocycles. The standard InChI is InChI=1S/C12H17ClN2O3/c1-18-7-6-15-10(9(13)8-14-15)11(16)12(17)4-2-3-5-12/h8,17H,2-7H2,1H3. The summed E-state index contributed by atoms with van der Waals surface area (Å²) in [6, 6.07) is 0. The molecule has 0 unspecified atom stereocenters. The van der Waals surface area contributed by atoms with Gasteiger partial charge in [0.1, 0.15) is 11.3 Å². The van der Waals surface area contributed by atoms with Gasteiger partial charge in [-0.15, -0.1) is 0 Å². The van der Waals surface area contributed by atoms with E-state index in [2.05, 4.69) is 5.10 Å². The molecular formula is C12H17ClN2O3. The number of ether oxygens (including phenoxy) is 1. The predicted molar refractivity (Wildman–Crippen MR) is 66.9 cm³/mol. The molecule has 0 saturated heterocycles. The molecule has 1 aromatic heterocycles. The molecule has 5 nitrogen and oxygen atoms in total. The molecule has 100 valence electrons. The Kier molecular flexibility index (Phi) is 4.04. The number of rotatable bonds is 5. The van der Waals surface area contributed by atoms with Gasteiger partial charge >= 0.3 is 0 Å². The molecule has 0 radical (unpaired) electrons. The maximum absolute atomic E-state index is 12.4. The van der Waals surface area contributed by atoms with Crippen LogP contribution in [0.15, 0.2) is 6.20 Å². The largest absolute Gasteiger partial charge is 0.383 e. The summed E-state index contributed by atoms with van der Waals surface area (Å²) in [5.74, 6) is -0.321. The second-order valence-electron chi connectivity index (χ2n) is 4.62. The van der Waals surface area contributed by atoms with Crippen molar-refractivity contribution in [2.24, 2.45) is 0 Å². The first kappa shape index (κ1) is 13.5. The minimum atomic E-state index is -1.27. The van der Waals surface area contributed by atoms with Crippen LogP contribution in [0.5, 0.6) is 0 Å². The van der Waals surface area contributed by atoms with Gasteiger partial charge in [-0.3, -0.25) is 9.48 Å². The van der Waals surface area contributed by atoms with Crippen LogP contribution >= 0.6 is 11.6 Å². The number of carbonyl (C=O) groups is 1. The smallest absolute Gasteiger partial charge is 0.213 e. The summed E-state index contributed by atoms with van der Waals surface area (Å²) >= 11 is 6.00. The topological polar surface area (TPSA) is 64.4 Å². The highest BCUT2D eigenvalue weighted by atomic mass is 35.5. The van der Waals surface area contributed by atoms with Crippen LogP contribution in [0.25, 0.3) is 0 Å². The van der Waals surface area contributed by atoms with Crippen molar-refractivity contribution in [1.82, 2.24) is 9.78 Å². The van der Waals surface area contributed by atoms with Crippen molar-refractivity contribution in [3.05, 3.63) is 16.9 Å². The third-order valence-electron chi connectivity index (χ3n) is 3.37. The van der Waals surface area contributed by atoms with Gasteiger partial charge in [0.2, 0.25) is 5.78 Å². The molecule has 0 aliphatic heterocycles. The Hall–Kier alpha value is -0.910. The highest BCUT2D eigenvalue weighted by Gasteiger charge is 2.41. The van der Waals surface area contributed by atoms with Crippen molar-refractivity contribution in [3.8, 4) is 0 Å². The predicted octanol–water partition coefficient (Wildman–Crippen LogP) is 1.67. The number of aliphatic hydroxyl groups is 1. The van der Waals surface area contributed by atoms with Gasteiger partial charge in [-0.1, -0.05) is 11.6 Å². The number of methoxy groups -OCH3 is 1. The van der Waals surface area contributed by atoms with Gasteiger partial charge in [-0.2, -0.15) is 5.10 Å². The second kappa shape index (κ2) is 5.38. The molecule has 0 aromatic carbocycles. The Morgan fingerprint density at radius 1 is 1.61 bits per heavy atom. The van der Waals surface area contributed by atoms with Crippen LogP contribution in [0.4, 0.5) is 0 Å². The van der Waals surface area contributed by atoms with E-state index in [1.54, 1.807) is 7.11 Å². The summed E-state index contributed by atoms with van der Waals surface area (Å²) in [5.41, 5.74) is -0.979. The van der Waals surface area contributed by atoms with Gasteiger partial charge < -0.3 is 9.84 Å². The van der Waals surface area contributed by atoms with E-state index >= 15 is 0 Å². The highest BCUT2D eigenvalue weighted by molar-refractivity contribution is 6.34. The normalized spacial score (nSPS) is 18.2. The van der Waals surface area contributed by atoms with Crippen LogP contribution in [0.2, 0.25) is 5.02 Å². The van der Waals surface area contributed by atoms with Gasteiger partial charge in [0, 0.05) is 7.11 Å². The van der Waals surface area contributed by atoms with E-state index in [4.69, 9.17) is 16.3 Å². The van der Waals surface area contributed by atoms with E-state index in [9.17, 15) is 9.90 Å². The summed E-state index contributed by atoms with van der Waals surface area (Å²) in [7, 11) is 1.58. The summed E-state index contributed by atoms with van der Waals surface area (Å²) in [6.07, 6.45) is 4.16. The number of hydrogen-bond donors (Lipinski definition) is 1. The summed E-state index contributed by atoms with van der Waals surface area (Å²) in [6.45, 7) is 0.886. The van der Waals surface area contributed by atoms with Gasteiger partial charge in [-0.05, 0) is 25.7 Å². The van der Waals surface area contributed by atoms with Gasteiger partial charge in [0.05, 0.1) is 24.4 Å². The number of carbonyl (C=O) groups excluding carboxylic acids is 1. The number of halogens is 1. The Morgan fingerprint density at radius 2 is 2.28 bits per heavy atom. The molecule has 1 aliphatic carbocycles. The fourth-order valence-electron chi connectivity index (χ4n) is 2.34. The number of ketones is 1. The molecule has 1 saturated carbocycles. The van der Waals surface area contributed by atoms with Crippen molar-refractivity contribution in [2.45, 2.75) is 37.8 Å². The number of aromatic nitrogens is 2. The summed E-state index contributed by atoms with van der Waals surface area (Å²) in [4.78, 5) is 12.4. The first-order valence-electron chi connectivity index (χ1n) is 6.06. The average Bonchev–Trinajstić information content (AvgIpc) is 2.93. The minimum Gasteiger partial charge on any atom is -0.383 e. The lowest BCUT2D eigenvalue weighted by molar-refractivity contribution is 0.0340. The molecular weight excluding hydrogens is 256 g/mol. The van der Waals surface area contributed by atoms with Gasteiger partial charge in [0.15, 0.2) is 0 Å². The monoisotopic (exact) mass is 272 g/mol. The number of Topliss-reactive ketones (excluding diaryl/α,β-unsaturated/α-hetero) is 1. The second-order valence-corrected chi connectivity index (χ2v) is 5.03. The van der Waals surface area contributed by atoms with Crippen molar-refractivity contribution < 1.29 is 14.6 Å². The van der Waals surface area contributed by atoms with Crippen molar-refractivity contribution >= 4 is 17.4 Å². The Balaban J connectivity index is 2.26. The van der Waals surface area contributed by atoms with Crippen molar-refractivity contribution in [3.63, 3.8) is 0 Å². The molecule has 1 aromatic rings. The first-order chi connectivity index (χ1) is 8.58. The molecule has 2 rings (SSSR count). The molecule has 1 N–H and O–H groups in total. The Labute approximate surface area is 111 Å². The van der Waals surface area contributed by atoms with E-state index in [1.165, 1.54) is 10.9 Å². The van der Waals surface area contributed by atoms with Crippen molar-refractivity contribution in [1.29, 1.82) is 0 Å². The van der Waals surface area contributed by atoms with E-state index in [0.717, 1.165) is 12.8 Å². The van der Waals surface area contributed by atoms with Crippen LogP contribution in [0, 0.1) is 0 Å². The molecule has 18 heavy (non-hydrogen) atoms. The van der Waals surface area contributed by atoms with Crippen LogP contribution in [0.3, 0.4) is 0 Å². The molecule has 6 heteroatoms. The van der Waals surface area contributed by atoms with Crippen LogP contribution in [-0.2, 0) is 11.3 Å². The third-order valence-corrected chi connectivity index (χ3v) is 3.65. The molecule has 0 amide bonds. The fourth-order valence-corrected chi connectivity index (χ4v) is 2.57. The number of nitrogens with zero attached hydrogens (tertiary/aromatic N) is 2. The first-order valence-corrected chi connectivity index (χ1v) is 6.44. The number of hydrogen-bond acceptors (Lipinski definition) is 4. The molecule has 0 atom stereocenters. The van der Waals surface area contributed by atoms with E-state index in [1.807, 2.05) is 0 Å². The van der Waals surface area contributed by atoms with Gasteiger partial charge in [-0.25, -0.2) is 0 Å². The van der Waals surface area contributed by atoms with E-state index in [0.29, 0.717) is 26.0 Å². The minimum absolute atomic E-state index is 0.288. The summed E-state index contributed by atoms with van der Waals surface area (Å²) < 4.78 is 6.47. The lowest BCUT2D eigenvalue weighted by Gasteiger charge is -2.21. The molecule has 0 bridgehead atoms. The maximum atomic E-state index is 12.4. The molecule has 1 aliphatic rings. The quantitative estimate of drug-likeness (QED) is 0.828. The van der Waals surface area contributed by atoms with Gasteiger partial charge in [0.25, 0.3) is 0 Å². The fraction of sp³-hybridized carbons (Fsp3) is 0.667. The summed E-state index contributed by atoms with van der Waals surface area (Å²) in [5, 5.41) is 14.7. The van der Waals surface area contributed by atoms with E-state index < -0.39 is 5.60 Å².